The number of hydrogen-bond donors (Lipinski definition) is 2. The number of urea groups is 1. The van der Waals surface area contributed by atoms with Gasteiger partial charge in [-0.25, -0.2) is 19.1 Å². The standard InChI is InChI=1S/C20H25N7O2S/c1-12-10-13(2)26(24-12)17-8-9-18(28)27(25-17)16-6-4-15(5-7-16)22-19(29)23-20-21-11-14(3)30-20/h8-11,15-16H,4-7H2,1-3H3,(H2,21,22,23,29). The second kappa shape index (κ2) is 8.39. The fourth-order valence-electron chi connectivity index (χ4n) is 3.85. The monoisotopic (exact) mass is 427 g/mol. The van der Waals surface area contributed by atoms with Gasteiger partial charge in [-0.1, -0.05) is 0 Å². The van der Waals surface area contributed by atoms with Crippen LogP contribution >= 0.6 is 11.3 Å². The molecule has 0 aromatic carbocycles. The zero-order chi connectivity index (χ0) is 21.3. The molecule has 2 N–H and O–H groups in total. The van der Waals surface area contributed by atoms with E-state index in [-0.39, 0.29) is 23.7 Å². The summed E-state index contributed by atoms with van der Waals surface area (Å²) in [5.74, 6) is 0.638. The molecule has 1 fully saturated rings. The molecule has 0 bridgehead atoms. The Bertz CT molecular complexity index is 1110. The van der Waals surface area contributed by atoms with Crippen LogP contribution in [0.2, 0.25) is 0 Å². The summed E-state index contributed by atoms with van der Waals surface area (Å²) in [4.78, 5) is 29.8. The summed E-state index contributed by atoms with van der Waals surface area (Å²) < 4.78 is 3.32. The number of thiazole rings is 1. The molecule has 3 aromatic rings. The highest BCUT2D eigenvalue weighted by Crippen LogP contribution is 2.27. The maximum absolute atomic E-state index is 12.4. The summed E-state index contributed by atoms with van der Waals surface area (Å²) >= 11 is 1.44. The van der Waals surface area contributed by atoms with Gasteiger partial charge in [0.15, 0.2) is 10.9 Å². The second-order valence-electron chi connectivity index (χ2n) is 7.69. The van der Waals surface area contributed by atoms with Crippen LogP contribution in [-0.2, 0) is 0 Å². The first-order chi connectivity index (χ1) is 14.4. The number of carbonyl (C=O) groups is 1. The quantitative estimate of drug-likeness (QED) is 0.665. The van der Waals surface area contributed by atoms with Crippen molar-refractivity contribution in [2.45, 2.75) is 58.5 Å². The Morgan fingerprint density at radius 1 is 1.13 bits per heavy atom. The van der Waals surface area contributed by atoms with Crippen molar-refractivity contribution in [2.75, 3.05) is 5.32 Å². The van der Waals surface area contributed by atoms with Crippen molar-refractivity contribution in [2.24, 2.45) is 0 Å². The van der Waals surface area contributed by atoms with Crippen LogP contribution in [0, 0.1) is 20.8 Å². The van der Waals surface area contributed by atoms with Gasteiger partial charge in [-0.3, -0.25) is 10.1 Å². The van der Waals surface area contributed by atoms with Crippen molar-refractivity contribution in [3.63, 3.8) is 0 Å². The van der Waals surface area contributed by atoms with Crippen LogP contribution in [-0.4, -0.2) is 36.6 Å². The molecular formula is C20H25N7O2S. The van der Waals surface area contributed by atoms with Gasteiger partial charge in [0.25, 0.3) is 5.56 Å². The molecule has 10 heteroatoms. The predicted molar refractivity (Wildman–Crippen MR) is 115 cm³/mol. The summed E-state index contributed by atoms with van der Waals surface area (Å²) in [7, 11) is 0. The van der Waals surface area contributed by atoms with E-state index >= 15 is 0 Å². The predicted octanol–water partition coefficient (Wildman–Crippen LogP) is 3.12. The van der Waals surface area contributed by atoms with Crippen molar-refractivity contribution in [1.82, 2.24) is 29.9 Å². The Morgan fingerprint density at radius 2 is 1.90 bits per heavy atom. The maximum atomic E-state index is 12.4. The van der Waals surface area contributed by atoms with Crippen molar-refractivity contribution in [3.05, 3.63) is 51.0 Å². The van der Waals surface area contributed by atoms with Gasteiger partial charge in [-0.15, -0.1) is 16.4 Å². The molecule has 3 heterocycles. The van der Waals surface area contributed by atoms with E-state index in [2.05, 4.69) is 25.8 Å². The van der Waals surface area contributed by atoms with Gasteiger partial charge in [0.05, 0.1) is 11.7 Å². The molecule has 4 rings (SSSR count). The van der Waals surface area contributed by atoms with Crippen LogP contribution in [0.25, 0.3) is 5.82 Å². The van der Waals surface area contributed by atoms with Gasteiger partial charge >= 0.3 is 6.03 Å². The number of nitrogens with zero attached hydrogens (tertiary/aromatic N) is 5. The fourth-order valence-corrected chi connectivity index (χ4v) is 4.51. The van der Waals surface area contributed by atoms with Gasteiger partial charge in [-0.2, -0.15) is 5.10 Å². The summed E-state index contributed by atoms with van der Waals surface area (Å²) in [6.45, 7) is 5.84. The third-order valence-electron chi connectivity index (χ3n) is 5.26. The van der Waals surface area contributed by atoms with Gasteiger partial charge < -0.3 is 5.32 Å². The Balaban J connectivity index is 1.39. The van der Waals surface area contributed by atoms with Crippen molar-refractivity contribution in [3.8, 4) is 5.82 Å². The van der Waals surface area contributed by atoms with E-state index in [9.17, 15) is 9.59 Å². The molecule has 0 unspecified atom stereocenters. The number of carbonyl (C=O) groups excluding carboxylic acids is 1. The lowest BCUT2D eigenvalue weighted by Crippen LogP contribution is -2.41. The normalized spacial score (nSPS) is 18.9. The first kappa shape index (κ1) is 20.3. The number of rotatable bonds is 4. The first-order valence-corrected chi connectivity index (χ1v) is 10.8. The van der Waals surface area contributed by atoms with Crippen LogP contribution in [0.4, 0.5) is 9.93 Å². The van der Waals surface area contributed by atoms with Gasteiger partial charge in [0.2, 0.25) is 0 Å². The second-order valence-corrected chi connectivity index (χ2v) is 8.93. The number of nitrogens with one attached hydrogen (secondary N) is 2. The number of aryl methyl sites for hydroxylation is 3. The summed E-state index contributed by atoms with van der Waals surface area (Å²) in [5, 5.41) is 15.4. The highest BCUT2D eigenvalue weighted by molar-refractivity contribution is 7.15. The lowest BCUT2D eigenvalue weighted by atomic mass is 9.91. The van der Waals surface area contributed by atoms with Crippen LogP contribution in [0.15, 0.2) is 29.2 Å². The number of anilines is 1. The Hall–Kier alpha value is -3.01. The van der Waals surface area contributed by atoms with Crippen LogP contribution in [0.1, 0.15) is 48.0 Å². The van der Waals surface area contributed by atoms with E-state index in [0.717, 1.165) is 41.9 Å². The van der Waals surface area contributed by atoms with Gasteiger partial charge in [0, 0.05) is 28.9 Å². The Kier molecular flexibility index (Phi) is 5.67. The number of aromatic nitrogens is 5. The lowest BCUT2D eigenvalue weighted by Gasteiger charge is -2.29. The minimum Gasteiger partial charge on any atom is -0.335 e. The molecule has 1 aliphatic rings. The fraction of sp³-hybridized carbons (Fsp3) is 0.450. The first-order valence-electron chi connectivity index (χ1n) is 10.0. The molecule has 0 radical (unpaired) electrons. The molecule has 3 aromatic heterocycles. The zero-order valence-electron chi connectivity index (χ0n) is 17.3. The minimum absolute atomic E-state index is 0.0112. The minimum atomic E-state index is -0.241. The summed E-state index contributed by atoms with van der Waals surface area (Å²) in [5.41, 5.74) is 1.76. The van der Waals surface area contributed by atoms with E-state index in [0.29, 0.717) is 10.9 Å². The third kappa shape index (κ3) is 4.43. The molecule has 0 spiro atoms. The van der Waals surface area contributed by atoms with E-state index < -0.39 is 0 Å². The van der Waals surface area contributed by atoms with Crippen LogP contribution in [0.3, 0.4) is 0 Å². The molecule has 9 nitrogen and oxygen atoms in total. The molecule has 1 saturated carbocycles. The van der Waals surface area contributed by atoms with Crippen molar-refractivity contribution in [1.29, 1.82) is 0 Å². The molecular weight excluding hydrogens is 402 g/mol. The van der Waals surface area contributed by atoms with Gasteiger partial charge in [-0.05, 0) is 58.6 Å². The van der Waals surface area contributed by atoms with E-state index in [1.54, 1.807) is 27.7 Å². The van der Waals surface area contributed by atoms with Crippen LogP contribution in [0.5, 0.6) is 0 Å². The average molecular weight is 428 g/mol. The molecule has 0 atom stereocenters. The van der Waals surface area contributed by atoms with Crippen LogP contribution < -0.4 is 16.2 Å². The van der Waals surface area contributed by atoms with Gasteiger partial charge in [0.1, 0.15) is 0 Å². The van der Waals surface area contributed by atoms with E-state index in [4.69, 9.17) is 0 Å². The maximum Gasteiger partial charge on any atom is 0.321 e. The number of hydrogen-bond acceptors (Lipinski definition) is 6. The van der Waals surface area contributed by atoms with E-state index in [1.807, 2.05) is 26.8 Å². The SMILES string of the molecule is Cc1cc(C)n(-c2ccc(=O)n(C3CCC(NC(=O)Nc4ncc(C)s4)CC3)n2)n1. The topological polar surface area (TPSA) is 107 Å². The molecule has 0 aliphatic heterocycles. The van der Waals surface area contributed by atoms with Crippen molar-refractivity contribution < 1.29 is 4.79 Å². The average Bonchev–Trinajstić information content (AvgIpc) is 3.27. The Morgan fingerprint density at radius 3 is 2.53 bits per heavy atom. The summed E-state index contributed by atoms with van der Waals surface area (Å²) in [6.07, 6.45) is 4.85. The molecule has 0 saturated heterocycles. The van der Waals surface area contributed by atoms with E-state index in [1.165, 1.54) is 11.3 Å². The zero-order valence-corrected chi connectivity index (χ0v) is 18.1. The number of amides is 2. The molecule has 158 valence electrons. The summed E-state index contributed by atoms with van der Waals surface area (Å²) in [6, 6.07) is 5.07. The highest BCUT2D eigenvalue weighted by Gasteiger charge is 2.25. The molecule has 1 aliphatic carbocycles. The third-order valence-corrected chi connectivity index (χ3v) is 6.09. The molecule has 2 amide bonds. The molecule has 30 heavy (non-hydrogen) atoms. The smallest absolute Gasteiger partial charge is 0.321 e. The largest absolute Gasteiger partial charge is 0.335 e. The Labute approximate surface area is 178 Å². The van der Waals surface area contributed by atoms with Crippen molar-refractivity contribution >= 4 is 22.5 Å². The lowest BCUT2D eigenvalue weighted by molar-refractivity contribution is 0.234. The highest BCUT2D eigenvalue weighted by atomic mass is 32.1.